The Morgan fingerprint density at radius 2 is 0.727 bits per heavy atom. The molecule has 22 heteroatoms. The van der Waals surface area contributed by atoms with Crippen molar-refractivity contribution in [1.29, 1.82) is 0 Å². The van der Waals surface area contributed by atoms with Crippen LogP contribution in [0.1, 0.15) is 0 Å². The maximum absolute atomic E-state index is 9.63. The molecule has 0 bridgehead atoms. The molecule has 0 aliphatic carbocycles. The van der Waals surface area contributed by atoms with Gasteiger partial charge in [-0.15, -0.1) is 0 Å². The number of hydrogen-bond acceptors (Lipinski definition) is 7. The third kappa shape index (κ3) is 127. The Morgan fingerprint density at radius 1 is 0.636 bits per heavy atom. The summed E-state index contributed by atoms with van der Waals surface area (Å²) in [4.78, 5) is 31.0. The first kappa shape index (κ1) is 40.7. The van der Waals surface area contributed by atoms with Crippen LogP contribution >= 0.6 is 15.6 Å². The van der Waals surface area contributed by atoms with Crippen molar-refractivity contribution >= 4 is 162 Å². The molecule has 0 aliphatic heterocycles. The normalized spacial score (nSPS) is 10.9. The van der Waals surface area contributed by atoms with Gasteiger partial charge in [-0.05, 0) is 0 Å². The Kier molecular flexibility index (Phi) is 31.7. The summed E-state index contributed by atoms with van der Waals surface area (Å²) in [5.74, 6) is 0. The Morgan fingerprint density at radius 3 is 0.727 bits per heavy atom. The minimum Gasteiger partial charge on any atom is 0.316 e. The van der Waals surface area contributed by atoms with E-state index in [1.165, 1.54) is 0 Å². The molecule has 0 saturated carbocycles. The second-order valence-electron chi connectivity index (χ2n) is 1.96. The van der Waals surface area contributed by atoms with Gasteiger partial charge in [-0.25, -0.2) is 9.13 Å². The van der Waals surface area contributed by atoms with Gasteiger partial charge in [0, 0.05) is 0 Å². The van der Waals surface area contributed by atoms with Gasteiger partial charge in [0.05, 0.1) is 0 Å². The second-order valence-corrected chi connectivity index (χ2v) is 6.37. The van der Waals surface area contributed by atoms with E-state index in [9.17, 15) is 9.13 Å². The van der Waals surface area contributed by atoms with Crippen molar-refractivity contribution in [3.05, 3.63) is 0 Å². The first-order chi connectivity index (χ1) is 7.71. The van der Waals surface area contributed by atoms with Crippen molar-refractivity contribution in [3.8, 4) is 0 Å². The van der Waals surface area contributed by atoms with E-state index in [1.807, 2.05) is 0 Å². The molecule has 0 rings (SSSR count). The van der Waals surface area contributed by atoms with Gasteiger partial charge >= 0.3 is 162 Å². The Hall–Kier alpha value is 4.04. The molecular weight excluding hydrogens is 469 g/mol. The van der Waals surface area contributed by atoms with Crippen LogP contribution < -0.4 is 0 Å². The molecule has 15 nitrogen and oxygen atoms in total. The summed E-state index contributed by atoms with van der Waals surface area (Å²) in [5, 5.41) is 0. The summed E-state index contributed by atoms with van der Waals surface area (Å²) in [6.07, 6.45) is 0. The van der Waals surface area contributed by atoms with E-state index in [0.717, 1.165) is 0 Å². The molecule has 128 valence electrons. The molecule has 0 heterocycles. The van der Waals surface area contributed by atoms with E-state index < -0.39 is 36.4 Å². The third-order valence-corrected chi connectivity index (χ3v) is 1.91. The predicted octanol–water partition coefficient (Wildman–Crippen LogP) is -4.33. The van der Waals surface area contributed by atoms with Crippen LogP contribution in [0, 0.1) is 0 Å². The van der Waals surface area contributed by atoms with Crippen molar-refractivity contribution in [3.63, 3.8) is 0 Å². The van der Waals surface area contributed by atoms with Gasteiger partial charge in [-0.3, -0.25) is 18.2 Å². The van der Waals surface area contributed by atoms with Crippen LogP contribution in [0.4, 0.5) is 0 Å². The van der Waals surface area contributed by atoms with E-state index in [1.54, 1.807) is 0 Å². The van der Waals surface area contributed by atoms with Gasteiger partial charge < -0.3 is 19.6 Å². The number of hydrogen-bond donors (Lipinski definition) is 8. The van der Waals surface area contributed by atoms with Gasteiger partial charge in [0.2, 0.25) is 0 Å². The molecule has 0 unspecified atom stereocenters. The summed E-state index contributed by atoms with van der Waals surface area (Å²) in [5.41, 5.74) is 0. The average molecular weight is 481 g/mol. The summed E-state index contributed by atoms with van der Waals surface area (Å²) in [6, 6.07) is 0. The maximum Gasteiger partial charge on any atom is 0.316 e. The van der Waals surface area contributed by atoms with Crippen molar-refractivity contribution in [1.82, 2.24) is 0 Å². The van der Waals surface area contributed by atoms with Crippen LogP contribution in [0.25, 0.3) is 0 Å². The molecule has 8 N–H and O–H groups in total. The van der Waals surface area contributed by atoms with Crippen molar-refractivity contribution in [2.75, 3.05) is 0 Å². The van der Waals surface area contributed by atoms with Crippen LogP contribution in [-0.2, 0) is 34.2 Å². The molecule has 0 fully saturated rings. The quantitative estimate of drug-likeness (QED) is 0.105. The zero-order valence-corrected chi connectivity index (χ0v) is 11.6. The summed E-state index contributed by atoms with van der Waals surface area (Å²) in [6.45, 7) is 0. The molecule has 0 spiro atoms. The van der Waals surface area contributed by atoms with Gasteiger partial charge in [0.15, 0.2) is 0 Å². The molecule has 0 aliphatic rings. The van der Waals surface area contributed by atoms with E-state index in [4.69, 9.17) is 54.6 Å². The van der Waals surface area contributed by atoms with E-state index >= 15 is 0 Å². The van der Waals surface area contributed by atoms with Crippen molar-refractivity contribution in [2.24, 2.45) is 0 Å². The van der Waals surface area contributed by atoms with Crippen LogP contribution in [0.5, 0.6) is 0 Å². The molecule has 0 amide bonds. The van der Waals surface area contributed by atoms with Gasteiger partial charge in [0.1, 0.15) is 0 Å². The minimum absolute atomic E-state index is 0. The zero-order valence-electron chi connectivity index (χ0n) is 8.15. The topological polar surface area (TPSA) is 273 Å². The van der Waals surface area contributed by atoms with Crippen LogP contribution in [0.15, 0.2) is 0 Å². The van der Waals surface area contributed by atoms with Crippen molar-refractivity contribution < 1.29 is 68.1 Å². The monoisotopic (exact) mass is 480 g/mol. The fourth-order valence-electron chi connectivity index (χ4n) is 0.139. The zero-order chi connectivity index (χ0) is 16.7. The second kappa shape index (κ2) is 17.2. The Labute approximate surface area is 225 Å². The molecule has 0 aromatic carbocycles. The third-order valence-electron chi connectivity index (χ3n) is 0.213. The van der Waals surface area contributed by atoms with Gasteiger partial charge in [-0.1, -0.05) is 0 Å². The van der Waals surface area contributed by atoms with Crippen LogP contribution in [-0.4, -0.2) is 180 Å². The SMILES string of the molecule is O=P(O)(O)OP(=O)(O)O.O=S(=O)(O)O.O=S(=O)(O)O.[KH].[KH].[MgH2]. The summed E-state index contributed by atoms with van der Waals surface area (Å²) >= 11 is 0. The van der Waals surface area contributed by atoms with E-state index in [-0.39, 0.29) is 126 Å². The Bertz CT molecular complexity index is 470. The largest absolute Gasteiger partial charge is 0.316 e. The average Bonchev–Trinajstić information content (AvgIpc) is 1.63. The first-order valence-corrected chi connectivity index (χ1v) is 8.78. The number of phosphoric acid groups is 2. The van der Waals surface area contributed by atoms with E-state index in [0.29, 0.717) is 0 Å². The fourth-order valence-corrected chi connectivity index (χ4v) is 1.25. The predicted molar refractivity (Wildman–Crippen MR) is 76.4 cm³/mol. The van der Waals surface area contributed by atoms with E-state index in [2.05, 4.69) is 4.31 Å². The van der Waals surface area contributed by atoms with Gasteiger partial charge in [0.25, 0.3) is 0 Å². The van der Waals surface area contributed by atoms with Gasteiger partial charge in [-0.2, -0.15) is 21.1 Å². The molecule has 0 aromatic rings. The molecule has 0 aromatic heterocycles. The number of rotatable bonds is 2. The minimum atomic E-state index is -5.05. The smallest absolute Gasteiger partial charge is 0.316 e. The molecule has 22 heavy (non-hydrogen) atoms. The standard InChI is InChI=1S/2K.Mg.H4O7P2.2H2O4S.4H/c;;;1-8(2,3)7-9(4,5)6;2*1-5(2,3)4;;;;/h;;;(H2,1,2,3)(H2,4,5,6);2*(H2,1,2,3,4);;;;. The van der Waals surface area contributed by atoms with Crippen LogP contribution in [0.2, 0.25) is 0 Å². The molecule has 0 atom stereocenters. The first-order valence-electron chi connectivity index (χ1n) is 2.93. The summed E-state index contributed by atoms with van der Waals surface area (Å²) < 4.78 is 85.4. The maximum atomic E-state index is 9.63. The summed E-state index contributed by atoms with van der Waals surface area (Å²) in [7, 11) is -19.4. The van der Waals surface area contributed by atoms with Crippen LogP contribution in [0.3, 0.4) is 0 Å². The molecule has 0 saturated heterocycles. The molecular formula is H12K2MgO15P2S2. The van der Waals surface area contributed by atoms with Crippen molar-refractivity contribution in [2.45, 2.75) is 0 Å². The molecule has 0 radical (unpaired) electrons. The Balaban J connectivity index is -0.0000000434. The fraction of sp³-hybridized carbons (Fsp3) is 0.